The van der Waals surface area contributed by atoms with Gasteiger partial charge in [0.2, 0.25) is 0 Å². The third kappa shape index (κ3) is 3.33. The van der Waals surface area contributed by atoms with Gasteiger partial charge < -0.3 is 0 Å². The van der Waals surface area contributed by atoms with Gasteiger partial charge in [0.15, 0.2) is 0 Å². The van der Waals surface area contributed by atoms with Crippen molar-refractivity contribution in [2.75, 3.05) is 0 Å². The molecule has 0 unspecified atom stereocenters. The van der Waals surface area contributed by atoms with Gasteiger partial charge in [0.25, 0.3) is 0 Å². The Morgan fingerprint density at radius 2 is 1.50 bits per heavy atom. The Morgan fingerprint density at radius 1 is 0.778 bits per heavy atom. The van der Waals surface area contributed by atoms with Crippen molar-refractivity contribution in [1.82, 2.24) is 4.98 Å². The first-order chi connectivity index (χ1) is 17.1. The summed E-state index contributed by atoms with van der Waals surface area (Å²) in [5.74, 6) is 0.478. The van der Waals surface area contributed by atoms with E-state index in [9.17, 15) is 0 Å². The van der Waals surface area contributed by atoms with Crippen molar-refractivity contribution in [2.45, 2.75) is 65.2 Å². The summed E-state index contributed by atoms with van der Waals surface area (Å²) in [7, 11) is 0. The lowest BCUT2D eigenvalue weighted by Crippen LogP contribution is -2.16. The van der Waals surface area contributed by atoms with Crippen molar-refractivity contribution in [3.05, 3.63) is 101 Å². The molecule has 6 rings (SSSR count). The van der Waals surface area contributed by atoms with Crippen LogP contribution in [-0.2, 0) is 10.8 Å². The number of rotatable bonds is 2. The molecule has 0 bridgehead atoms. The number of pyridine rings is 1. The third-order valence-corrected chi connectivity index (χ3v) is 8.11. The second kappa shape index (κ2) is 7.77. The van der Waals surface area contributed by atoms with E-state index in [2.05, 4.69) is 127 Å². The van der Waals surface area contributed by atoms with Crippen molar-refractivity contribution in [2.24, 2.45) is 0 Å². The highest BCUT2D eigenvalue weighted by Gasteiger charge is 2.39. The molecule has 0 spiro atoms. The number of hydrogen-bond acceptors (Lipinski definition) is 1. The molecule has 5 aromatic rings. The van der Waals surface area contributed by atoms with Crippen LogP contribution in [0, 0.1) is 0 Å². The number of benzene rings is 4. The fraction of sp³-hybridized carbons (Fsp3) is 0.286. The molecule has 0 radical (unpaired) electrons. The molecule has 1 nitrogen and oxygen atoms in total. The smallest absolute Gasteiger partial charge is 0.0791 e. The zero-order valence-electron chi connectivity index (χ0n) is 22.5. The zero-order chi connectivity index (χ0) is 25.4. The van der Waals surface area contributed by atoms with E-state index in [0.29, 0.717) is 5.92 Å². The maximum Gasteiger partial charge on any atom is 0.0791 e. The monoisotopic (exact) mass is 469 g/mol. The van der Waals surface area contributed by atoms with Crippen molar-refractivity contribution >= 4 is 21.7 Å². The van der Waals surface area contributed by atoms with Crippen LogP contribution in [0.15, 0.2) is 78.9 Å². The molecule has 36 heavy (non-hydrogen) atoms. The predicted octanol–water partition coefficient (Wildman–Crippen LogP) is 9.78. The average Bonchev–Trinajstić information content (AvgIpc) is 3.09. The number of aromatic nitrogens is 1. The summed E-state index contributed by atoms with van der Waals surface area (Å²) in [6.07, 6.45) is 0. The van der Waals surface area contributed by atoms with Gasteiger partial charge in [-0.05, 0) is 74.2 Å². The number of hydrogen-bond donors (Lipinski definition) is 0. The summed E-state index contributed by atoms with van der Waals surface area (Å²) >= 11 is 0. The van der Waals surface area contributed by atoms with Gasteiger partial charge in [0.05, 0.1) is 11.2 Å². The van der Waals surface area contributed by atoms with Crippen molar-refractivity contribution in [1.29, 1.82) is 0 Å². The summed E-state index contributed by atoms with van der Waals surface area (Å²) in [6, 6.07) is 29.3. The fourth-order valence-electron chi connectivity index (χ4n) is 6.21. The van der Waals surface area contributed by atoms with Gasteiger partial charge in [-0.15, -0.1) is 0 Å². The molecule has 0 saturated heterocycles. The largest absolute Gasteiger partial charge is 0.247 e. The molecular formula is C35H35N. The van der Waals surface area contributed by atoms with Crippen LogP contribution in [0.3, 0.4) is 0 Å². The molecule has 180 valence electrons. The summed E-state index contributed by atoms with van der Waals surface area (Å²) < 4.78 is 0. The summed E-state index contributed by atoms with van der Waals surface area (Å²) in [6.45, 7) is 16.2. The Hall–Kier alpha value is -3.45. The lowest BCUT2D eigenvalue weighted by molar-refractivity contribution is 0.596. The molecule has 1 aliphatic carbocycles. The van der Waals surface area contributed by atoms with Gasteiger partial charge in [0.1, 0.15) is 0 Å². The average molecular weight is 470 g/mol. The summed E-state index contributed by atoms with van der Waals surface area (Å²) in [5.41, 5.74) is 11.5. The summed E-state index contributed by atoms with van der Waals surface area (Å²) in [5, 5.41) is 3.89. The Kier molecular flexibility index (Phi) is 4.96. The lowest BCUT2D eigenvalue weighted by atomic mass is 9.79. The molecule has 1 heterocycles. The van der Waals surface area contributed by atoms with Crippen LogP contribution in [0.4, 0.5) is 0 Å². The van der Waals surface area contributed by atoms with E-state index < -0.39 is 0 Å². The van der Waals surface area contributed by atoms with Gasteiger partial charge >= 0.3 is 0 Å². The molecule has 0 fully saturated rings. The highest BCUT2D eigenvalue weighted by atomic mass is 14.7. The molecule has 1 aliphatic rings. The Morgan fingerprint density at radius 3 is 2.25 bits per heavy atom. The van der Waals surface area contributed by atoms with Crippen LogP contribution in [-0.4, -0.2) is 4.98 Å². The van der Waals surface area contributed by atoms with Gasteiger partial charge in [0, 0.05) is 21.9 Å². The Labute approximate surface area is 215 Å². The van der Waals surface area contributed by atoms with Gasteiger partial charge in [-0.1, -0.05) is 103 Å². The second-order valence-corrected chi connectivity index (χ2v) is 12.3. The predicted molar refractivity (Wildman–Crippen MR) is 155 cm³/mol. The van der Waals surface area contributed by atoms with Gasteiger partial charge in [-0.25, -0.2) is 4.98 Å². The van der Waals surface area contributed by atoms with E-state index in [1.54, 1.807) is 0 Å². The lowest BCUT2D eigenvalue weighted by Gasteiger charge is -2.25. The number of nitrogens with zero attached hydrogens (tertiary/aromatic N) is 1. The summed E-state index contributed by atoms with van der Waals surface area (Å²) in [4.78, 5) is 5.41. The van der Waals surface area contributed by atoms with E-state index in [-0.39, 0.29) is 10.8 Å². The van der Waals surface area contributed by atoms with E-state index in [4.69, 9.17) is 4.98 Å². The molecule has 4 aromatic carbocycles. The highest BCUT2D eigenvalue weighted by Crippen LogP contribution is 2.54. The van der Waals surface area contributed by atoms with Gasteiger partial charge in [-0.3, -0.25) is 0 Å². The molecule has 0 atom stereocenters. The van der Waals surface area contributed by atoms with E-state index in [0.717, 1.165) is 11.2 Å². The fourth-order valence-corrected chi connectivity index (χ4v) is 6.21. The SMILES string of the molecule is CC(C)c1ccc2nc(-c3cc(C(C)(C)C)c4ccccc4c3)c3c(c2c1)C(C)(C)c1ccccc1-3. The van der Waals surface area contributed by atoms with Crippen LogP contribution in [0.25, 0.3) is 44.1 Å². The van der Waals surface area contributed by atoms with Crippen LogP contribution >= 0.6 is 0 Å². The first kappa shape index (κ1) is 23.0. The first-order valence-electron chi connectivity index (χ1n) is 13.2. The van der Waals surface area contributed by atoms with Crippen LogP contribution in [0.5, 0.6) is 0 Å². The van der Waals surface area contributed by atoms with Crippen LogP contribution in [0.1, 0.15) is 76.6 Å². The van der Waals surface area contributed by atoms with Crippen molar-refractivity contribution in [3.8, 4) is 22.4 Å². The molecule has 1 aromatic heterocycles. The molecule has 1 heteroatoms. The minimum absolute atomic E-state index is 0.0268. The van der Waals surface area contributed by atoms with E-state index >= 15 is 0 Å². The Bertz CT molecular complexity index is 1660. The van der Waals surface area contributed by atoms with Crippen molar-refractivity contribution in [3.63, 3.8) is 0 Å². The number of fused-ring (bicyclic) bond motifs is 6. The van der Waals surface area contributed by atoms with Crippen LogP contribution < -0.4 is 0 Å². The van der Waals surface area contributed by atoms with Crippen LogP contribution in [0.2, 0.25) is 0 Å². The first-order valence-corrected chi connectivity index (χ1v) is 13.2. The Balaban J connectivity index is 1.77. The quantitative estimate of drug-likeness (QED) is 0.251. The van der Waals surface area contributed by atoms with E-state index in [1.807, 2.05) is 0 Å². The molecule has 0 saturated carbocycles. The molecule has 0 amide bonds. The maximum atomic E-state index is 5.41. The standard InChI is InChI=1S/C35H35N/c1-21(2)22-16-17-30-27(19-22)32-31(26-14-10-11-15-28(26)35(32,6)7)33(36-30)24-18-23-12-8-9-13-25(23)29(20-24)34(3,4)5/h8-21H,1-7H3. The zero-order valence-corrected chi connectivity index (χ0v) is 22.5. The second-order valence-electron chi connectivity index (χ2n) is 12.3. The van der Waals surface area contributed by atoms with Crippen molar-refractivity contribution < 1.29 is 0 Å². The highest BCUT2D eigenvalue weighted by molar-refractivity contribution is 6.03. The normalized spacial score (nSPS) is 14.4. The third-order valence-electron chi connectivity index (χ3n) is 8.11. The minimum atomic E-state index is -0.0961. The van der Waals surface area contributed by atoms with Gasteiger partial charge in [-0.2, -0.15) is 0 Å². The minimum Gasteiger partial charge on any atom is -0.247 e. The maximum absolute atomic E-state index is 5.41. The topological polar surface area (TPSA) is 12.9 Å². The molecule has 0 N–H and O–H groups in total. The molecule has 0 aliphatic heterocycles. The molecular weight excluding hydrogens is 434 g/mol. The van der Waals surface area contributed by atoms with E-state index in [1.165, 1.54) is 55.1 Å².